The SMILES string of the molecule is O=C(c1cccc(N2C(=O)CCC2=O)c1)N1CCCc2cc(F)cc(F)c21. The first-order chi connectivity index (χ1) is 13.0. The second-order valence-electron chi connectivity index (χ2n) is 6.63. The molecule has 5 nitrogen and oxygen atoms in total. The second kappa shape index (κ2) is 6.57. The number of hydrogen-bond donors (Lipinski definition) is 0. The lowest BCUT2D eigenvalue weighted by Crippen LogP contribution is -2.36. The van der Waals surface area contributed by atoms with E-state index in [1.165, 1.54) is 17.0 Å². The molecule has 0 saturated carbocycles. The highest BCUT2D eigenvalue weighted by molar-refractivity contribution is 6.20. The molecule has 0 bridgehead atoms. The van der Waals surface area contributed by atoms with Crippen molar-refractivity contribution in [1.82, 2.24) is 0 Å². The first-order valence-corrected chi connectivity index (χ1v) is 8.71. The molecule has 0 atom stereocenters. The molecule has 4 rings (SSSR count). The van der Waals surface area contributed by atoms with Crippen molar-refractivity contribution in [3.63, 3.8) is 0 Å². The molecule has 138 valence electrons. The van der Waals surface area contributed by atoms with E-state index >= 15 is 0 Å². The zero-order chi connectivity index (χ0) is 19.1. The van der Waals surface area contributed by atoms with Crippen LogP contribution in [-0.2, 0) is 16.0 Å². The number of rotatable bonds is 2. The van der Waals surface area contributed by atoms with Crippen LogP contribution < -0.4 is 9.80 Å². The van der Waals surface area contributed by atoms with E-state index in [2.05, 4.69) is 0 Å². The van der Waals surface area contributed by atoms with Crippen LogP contribution in [0.4, 0.5) is 20.2 Å². The van der Waals surface area contributed by atoms with Gasteiger partial charge in [0, 0.05) is 31.0 Å². The summed E-state index contributed by atoms with van der Waals surface area (Å²) in [6.45, 7) is 0.306. The van der Waals surface area contributed by atoms with E-state index in [1.807, 2.05) is 0 Å². The molecule has 27 heavy (non-hydrogen) atoms. The molecule has 2 aliphatic rings. The Morgan fingerprint density at radius 2 is 1.70 bits per heavy atom. The van der Waals surface area contributed by atoms with Crippen molar-refractivity contribution < 1.29 is 23.2 Å². The van der Waals surface area contributed by atoms with Crippen LogP contribution in [0.25, 0.3) is 0 Å². The summed E-state index contributed by atoms with van der Waals surface area (Å²) in [6, 6.07) is 8.18. The first kappa shape index (κ1) is 17.3. The van der Waals surface area contributed by atoms with Crippen LogP contribution in [0.1, 0.15) is 35.2 Å². The van der Waals surface area contributed by atoms with Crippen molar-refractivity contribution in [1.29, 1.82) is 0 Å². The minimum atomic E-state index is -0.779. The first-order valence-electron chi connectivity index (χ1n) is 8.71. The van der Waals surface area contributed by atoms with Crippen molar-refractivity contribution in [2.75, 3.05) is 16.3 Å². The van der Waals surface area contributed by atoms with Gasteiger partial charge in [-0.05, 0) is 42.7 Å². The van der Waals surface area contributed by atoms with E-state index in [1.54, 1.807) is 18.2 Å². The van der Waals surface area contributed by atoms with Crippen LogP contribution in [0.2, 0.25) is 0 Å². The maximum Gasteiger partial charge on any atom is 0.258 e. The van der Waals surface area contributed by atoms with Gasteiger partial charge in [-0.2, -0.15) is 0 Å². The van der Waals surface area contributed by atoms with E-state index < -0.39 is 17.5 Å². The van der Waals surface area contributed by atoms with Crippen LogP contribution in [0.15, 0.2) is 36.4 Å². The molecule has 2 aliphatic heterocycles. The van der Waals surface area contributed by atoms with Crippen molar-refractivity contribution in [2.45, 2.75) is 25.7 Å². The summed E-state index contributed by atoms with van der Waals surface area (Å²) in [5.41, 5.74) is 1.10. The maximum absolute atomic E-state index is 14.4. The van der Waals surface area contributed by atoms with Gasteiger partial charge in [0.1, 0.15) is 11.6 Å². The monoisotopic (exact) mass is 370 g/mol. The smallest absolute Gasteiger partial charge is 0.258 e. The molecule has 0 aromatic heterocycles. The Hall–Kier alpha value is -3.09. The average molecular weight is 370 g/mol. The van der Waals surface area contributed by atoms with Crippen LogP contribution >= 0.6 is 0 Å². The second-order valence-corrected chi connectivity index (χ2v) is 6.63. The fourth-order valence-electron chi connectivity index (χ4n) is 3.65. The topological polar surface area (TPSA) is 57.7 Å². The highest BCUT2D eigenvalue weighted by Crippen LogP contribution is 2.33. The van der Waals surface area contributed by atoms with Crippen molar-refractivity contribution in [3.8, 4) is 0 Å². The van der Waals surface area contributed by atoms with Gasteiger partial charge >= 0.3 is 0 Å². The quantitative estimate of drug-likeness (QED) is 0.763. The Morgan fingerprint density at radius 1 is 0.963 bits per heavy atom. The molecular formula is C20H16F2N2O3. The maximum atomic E-state index is 14.4. The molecule has 2 aromatic carbocycles. The van der Waals surface area contributed by atoms with Crippen LogP contribution in [0, 0.1) is 11.6 Å². The number of amides is 3. The summed E-state index contributed by atoms with van der Waals surface area (Å²) in [5.74, 6) is -2.53. The lowest BCUT2D eigenvalue weighted by Gasteiger charge is -2.30. The summed E-state index contributed by atoms with van der Waals surface area (Å²) >= 11 is 0. The van der Waals surface area contributed by atoms with Gasteiger partial charge in [0.05, 0.1) is 11.4 Å². The van der Waals surface area contributed by atoms with Crippen LogP contribution in [0.5, 0.6) is 0 Å². The van der Waals surface area contributed by atoms with E-state index in [0.29, 0.717) is 30.6 Å². The summed E-state index contributed by atoms with van der Waals surface area (Å²) in [7, 11) is 0. The third kappa shape index (κ3) is 2.99. The minimum absolute atomic E-state index is 0.0892. The van der Waals surface area contributed by atoms with Crippen LogP contribution in [0.3, 0.4) is 0 Å². The zero-order valence-corrected chi connectivity index (χ0v) is 14.4. The number of hydrogen-bond acceptors (Lipinski definition) is 3. The van der Waals surface area contributed by atoms with Gasteiger partial charge in [-0.15, -0.1) is 0 Å². The van der Waals surface area contributed by atoms with E-state index in [9.17, 15) is 23.2 Å². The predicted octanol–water partition coefficient (Wildman–Crippen LogP) is 3.21. The standard InChI is InChI=1S/C20H16F2N2O3/c21-14-9-12-4-2-8-23(19(12)16(22)11-14)20(27)13-3-1-5-15(10-13)24-17(25)6-7-18(24)26/h1,3,5,9-11H,2,4,6-8H2. The number of imide groups is 1. The molecular weight excluding hydrogens is 354 g/mol. The molecule has 3 amide bonds. The molecule has 2 heterocycles. The molecule has 0 unspecified atom stereocenters. The van der Waals surface area contributed by atoms with Gasteiger partial charge in [-0.3, -0.25) is 19.3 Å². The normalized spacial score (nSPS) is 16.7. The number of nitrogens with zero attached hydrogens (tertiary/aromatic N) is 2. The number of fused-ring (bicyclic) bond motifs is 1. The largest absolute Gasteiger partial charge is 0.305 e. The molecule has 7 heteroatoms. The zero-order valence-electron chi connectivity index (χ0n) is 14.4. The van der Waals surface area contributed by atoms with Crippen molar-refractivity contribution in [2.24, 2.45) is 0 Å². The summed E-state index contributed by atoms with van der Waals surface area (Å²) in [6.07, 6.45) is 1.37. The van der Waals surface area contributed by atoms with Gasteiger partial charge in [-0.1, -0.05) is 6.07 Å². The number of halogens is 2. The fraction of sp³-hybridized carbons (Fsp3) is 0.250. The molecule has 2 aromatic rings. The lowest BCUT2D eigenvalue weighted by molar-refractivity contribution is -0.121. The molecule has 0 spiro atoms. The molecule has 1 fully saturated rings. The van der Waals surface area contributed by atoms with Gasteiger partial charge in [0.15, 0.2) is 0 Å². The van der Waals surface area contributed by atoms with Gasteiger partial charge in [-0.25, -0.2) is 8.78 Å². The highest BCUT2D eigenvalue weighted by atomic mass is 19.1. The third-order valence-electron chi connectivity index (χ3n) is 4.85. The van der Waals surface area contributed by atoms with Crippen molar-refractivity contribution >= 4 is 29.1 Å². The Balaban J connectivity index is 1.70. The molecule has 1 saturated heterocycles. The Labute approximate surface area is 154 Å². The Morgan fingerprint density at radius 3 is 2.44 bits per heavy atom. The average Bonchev–Trinajstić information content (AvgIpc) is 2.98. The Kier molecular flexibility index (Phi) is 4.22. The number of carbonyl (C=O) groups is 3. The van der Waals surface area contributed by atoms with Crippen molar-refractivity contribution in [3.05, 3.63) is 59.2 Å². The predicted molar refractivity (Wildman–Crippen MR) is 94.5 cm³/mol. The third-order valence-corrected chi connectivity index (χ3v) is 4.85. The summed E-state index contributed by atoms with van der Waals surface area (Å²) < 4.78 is 27.8. The minimum Gasteiger partial charge on any atom is -0.305 e. The van der Waals surface area contributed by atoms with Gasteiger partial charge < -0.3 is 4.90 Å². The van der Waals surface area contributed by atoms with E-state index in [-0.39, 0.29) is 35.9 Å². The summed E-state index contributed by atoms with van der Waals surface area (Å²) in [5, 5.41) is 0. The number of benzene rings is 2. The highest BCUT2D eigenvalue weighted by Gasteiger charge is 2.32. The number of anilines is 2. The fourth-order valence-corrected chi connectivity index (χ4v) is 3.65. The number of carbonyl (C=O) groups excluding carboxylic acids is 3. The number of aryl methyl sites for hydroxylation is 1. The summed E-state index contributed by atoms with van der Waals surface area (Å²) in [4.78, 5) is 39.2. The van der Waals surface area contributed by atoms with Gasteiger partial charge in [0.2, 0.25) is 11.8 Å². The molecule has 0 aliphatic carbocycles. The molecule has 0 N–H and O–H groups in total. The lowest BCUT2D eigenvalue weighted by atomic mass is 10.00. The van der Waals surface area contributed by atoms with E-state index in [4.69, 9.17) is 0 Å². The van der Waals surface area contributed by atoms with Gasteiger partial charge in [0.25, 0.3) is 5.91 Å². The Bertz CT molecular complexity index is 958. The molecule has 0 radical (unpaired) electrons. The van der Waals surface area contributed by atoms with E-state index in [0.717, 1.165) is 11.0 Å². The van der Waals surface area contributed by atoms with Crippen LogP contribution in [-0.4, -0.2) is 24.3 Å².